The summed E-state index contributed by atoms with van der Waals surface area (Å²) in [7, 11) is 0. The molecule has 0 aliphatic heterocycles. The molecule has 1 aromatic heterocycles. The van der Waals surface area contributed by atoms with Gasteiger partial charge in [-0.3, -0.25) is 0 Å². The summed E-state index contributed by atoms with van der Waals surface area (Å²) < 4.78 is 2.27. The Morgan fingerprint density at radius 1 is 1.10 bits per heavy atom. The van der Waals surface area contributed by atoms with Crippen molar-refractivity contribution in [2.45, 2.75) is 33.7 Å². The maximum atomic E-state index is 9.61. The van der Waals surface area contributed by atoms with E-state index in [0.717, 1.165) is 35.4 Å². The number of benzene rings is 2. The Kier molecular flexibility index (Phi) is 3.42. The van der Waals surface area contributed by atoms with Gasteiger partial charge in [-0.05, 0) is 61.7 Å². The van der Waals surface area contributed by atoms with Crippen LogP contribution in [0.4, 0.5) is 0 Å². The van der Waals surface area contributed by atoms with Crippen LogP contribution in [0.15, 0.2) is 36.4 Å². The summed E-state index contributed by atoms with van der Waals surface area (Å²) in [5, 5.41) is 9.61. The molecule has 0 fully saturated rings. The van der Waals surface area contributed by atoms with E-state index < -0.39 is 0 Å². The summed E-state index contributed by atoms with van der Waals surface area (Å²) in [5.41, 5.74) is 5.54. The number of phenolic OH excluding ortho intramolecular Hbond substituents is 1. The lowest BCUT2D eigenvalue weighted by molar-refractivity contribution is 0.475. The van der Waals surface area contributed by atoms with Gasteiger partial charge in [0.15, 0.2) is 0 Å². The van der Waals surface area contributed by atoms with E-state index in [1.165, 1.54) is 11.1 Å². The van der Waals surface area contributed by atoms with Crippen molar-refractivity contribution in [3.8, 4) is 17.1 Å². The Morgan fingerprint density at radius 2 is 1.90 bits per heavy atom. The van der Waals surface area contributed by atoms with Gasteiger partial charge in [0.1, 0.15) is 11.6 Å². The lowest BCUT2D eigenvalue weighted by Gasteiger charge is -2.10. The minimum absolute atomic E-state index is 0.297. The molecule has 3 aromatic rings. The molecule has 0 radical (unpaired) electrons. The van der Waals surface area contributed by atoms with Crippen LogP contribution in [-0.2, 0) is 6.54 Å². The number of hydrogen-bond donors (Lipinski definition) is 1. The first-order valence-electron chi connectivity index (χ1n) is 7.37. The fraction of sp³-hybridized carbons (Fsp3) is 0.278. The van der Waals surface area contributed by atoms with Crippen LogP contribution in [0, 0.1) is 13.8 Å². The van der Waals surface area contributed by atoms with Gasteiger partial charge in [0.25, 0.3) is 0 Å². The van der Waals surface area contributed by atoms with Gasteiger partial charge in [-0.2, -0.15) is 0 Å². The van der Waals surface area contributed by atoms with Gasteiger partial charge in [-0.25, -0.2) is 4.98 Å². The van der Waals surface area contributed by atoms with Crippen LogP contribution >= 0.6 is 0 Å². The van der Waals surface area contributed by atoms with Crippen molar-refractivity contribution in [2.24, 2.45) is 0 Å². The Bertz CT molecular complexity index is 802. The molecule has 0 unspecified atom stereocenters. The number of hydrogen-bond acceptors (Lipinski definition) is 2. The highest BCUT2D eigenvalue weighted by molar-refractivity contribution is 5.82. The quantitative estimate of drug-likeness (QED) is 0.770. The van der Waals surface area contributed by atoms with E-state index in [0.29, 0.717) is 5.75 Å². The Hall–Kier alpha value is -2.29. The number of rotatable bonds is 3. The smallest absolute Gasteiger partial charge is 0.141 e. The highest BCUT2D eigenvalue weighted by atomic mass is 16.3. The minimum atomic E-state index is 0.297. The van der Waals surface area contributed by atoms with E-state index in [-0.39, 0.29) is 0 Å². The zero-order valence-corrected chi connectivity index (χ0v) is 12.7. The van der Waals surface area contributed by atoms with E-state index in [1.807, 2.05) is 13.0 Å². The highest BCUT2D eigenvalue weighted by Crippen LogP contribution is 2.29. The van der Waals surface area contributed by atoms with Gasteiger partial charge in [0.2, 0.25) is 0 Å². The maximum Gasteiger partial charge on any atom is 0.141 e. The van der Waals surface area contributed by atoms with Crippen molar-refractivity contribution < 1.29 is 5.11 Å². The van der Waals surface area contributed by atoms with E-state index in [4.69, 9.17) is 4.98 Å². The van der Waals surface area contributed by atoms with Gasteiger partial charge in [-0.15, -0.1) is 0 Å². The summed E-state index contributed by atoms with van der Waals surface area (Å²) in [4.78, 5) is 4.83. The molecule has 1 N–H and O–H groups in total. The first-order chi connectivity index (χ1) is 10.1. The second kappa shape index (κ2) is 5.24. The van der Waals surface area contributed by atoms with Crippen LogP contribution in [0.5, 0.6) is 5.75 Å². The number of aromatic hydroxyl groups is 1. The molecule has 3 heteroatoms. The molecule has 21 heavy (non-hydrogen) atoms. The van der Waals surface area contributed by atoms with Crippen molar-refractivity contribution in [3.05, 3.63) is 47.5 Å². The summed E-state index contributed by atoms with van der Waals surface area (Å²) in [6, 6.07) is 11.9. The van der Waals surface area contributed by atoms with Crippen molar-refractivity contribution in [3.63, 3.8) is 0 Å². The molecule has 0 amide bonds. The third-order valence-electron chi connectivity index (χ3n) is 3.80. The highest BCUT2D eigenvalue weighted by Gasteiger charge is 2.14. The lowest BCUT2D eigenvalue weighted by Crippen LogP contribution is -2.00. The Labute approximate surface area is 124 Å². The number of aromatic nitrogens is 2. The topological polar surface area (TPSA) is 38.0 Å². The minimum Gasteiger partial charge on any atom is -0.508 e. The van der Waals surface area contributed by atoms with Crippen LogP contribution in [0.25, 0.3) is 22.4 Å². The SMILES string of the molecule is CCCn1c(-c2ccc(O)cc2C)nc2cc(C)ccc21. The van der Waals surface area contributed by atoms with Crippen LogP contribution in [-0.4, -0.2) is 14.7 Å². The average molecular weight is 280 g/mol. The van der Waals surface area contributed by atoms with E-state index in [1.54, 1.807) is 12.1 Å². The van der Waals surface area contributed by atoms with Crippen LogP contribution in [0.1, 0.15) is 24.5 Å². The standard InChI is InChI=1S/C18H20N2O/c1-4-9-20-17-8-5-12(2)10-16(17)19-18(20)15-7-6-14(21)11-13(15)3/h5-8,10-11,21H,4,9H2,1-3H3. The third kappa shape index (κ3) is 2.40. The predicted octanol–water partition coefficient (Wildman–Crippen LogP) is 4.44. The molecule has 0 atom stereocenters. The van der Waals surface area contributed by atoms with Crippen molar-refractivity contribution in [1.29, 1.82) is 0 Å². The largest absolute Gasteiger partial charge is 0.508 e. The Balaban J connectivity index is 2.27. The zero-order chi connectivity index (χ0) is 15.0. The average Bonchev–Trinajstić information content (AvgIpc) is 2.77. The van der Waals surface area contributed by atoms with Gasteiger partial charge >= 0.3 is 0 Å². The molecule has 0 spiro atoms. The number of imidazole rings is 1. The van der Waals surface area contributed by atoms with Gasteiger partial charge in [0, 0.05) is 12.1 Å². The fourth-order valence-corrected chi connectivity index (χ4v) is 2.79. The van der Waals surface area contributed by atoms with E-state index >= 15 is 0 Å². The molecule has 0 aliphatic carbocycles. The zero-order valence-electron chi connectivity index (χ0n) is 12.7. The second-order valence-electron chi connectivity index (χ2n) is 5.58. The van der Waals surface area contributed by atoms with Gasteiger partial charge in [-0.1, -0.05) is 13.0 Å². The van der Waals surface area contributed by atoms with Crippen molar-refractivity contribution in [2.75, 3.05) is 0 Å². The first-order valence-corrected chi connectivity index (χ1v) is 7.37. The Morgan fingerprint density at radius 3 is 2.62 bits per heavy atom. The third-order valence-corrected chi connectivity index (χ3v) is 3.80. The summed E-state index contributed by atoms with van der Waals surface area (Å²) >= 11 is 0. The summed E-state index contributed by atoms with van der Waals surface area (Å²) in [6.07, 6.45) is 1.06. The van der Waals surface area contributed by atoms with Crippen molar-refractivity contribution >= 4 is 11.0 Å². The van der Waals surface area contributed by atoms with Crippen LogP contribution in [0.3, 0.4) is 0 Å². The van der Waals surface area contributed by atoms with E-state index in [9.17, 15) is 5.11 Å². The molecule has 108 valence electrons. The molecule has 0 bridgehead atoms. The molecule has 2 aromatic carbocycles. The molecule has 0 saturated heterocycles. The van der Waals surface area contributed by atoms with Crippen LogP contribution < -0.4 is 0 Å². The fourth-order valence-electron chi connectivity index (χ4n) is 2.79. The number of aryl methyl sites for hydroxylation is 3. The second-order valence-corrected chi connectivity index (χ2v) is 5.58. The summed E-state index contributed by atoms with van der Waals surface area (Å²) in [6.45, 7) is 7.21. The number of fused-ring (bicyclic) bond motifs is 1. The maximum absolute atomic E-state index is 9.61. The van der Waals surface area contributed by atoms with Gasteiger partial charge < -0.3 is 9.67 Å². The molecule has 0 aliphatic rings. The normalized spacial score (nSPS) is 11.2. The molecule has 0 saturated carbocycles. The lowest BCUT2D eigenvalue weighted by atomic mass is 10.1. The molecule has 1 heterocycles. The van der Waals surface area contributed by atoms with Crippen LogP contribution in [0.2, 0.25) is 0 Å². The molecule has 3 rings (SSSR count). The monoisotopic (exact) mass is 280 g/mol. The van der Waals surface area contributed by atoms with Crippen molar-refractivity contribution in [1.82, 2.24) is 9.55 Å². The molecular formula is C18H20N2O. The number of phenols is 1. The summed E-state index contributed by atoms with van der Waals surface area (Å²) in [5.74, 6) is 1.28. The molecule has 3 nitrogen and oxygen atoms in total. The molecular weight excluding hydrogens is 260 g/mol. The van der Waals surface area contributed by atoms with Gasteiger partial charge in [0.05, 0.1) is 11.0 Å². The number of nitrogens with zero attached hydrogens (tertiary/aromatic N) is 2. The first kappa shape index (κ1) is 13.7. The van der Waals surface area contributed by atoms with E-state index in [2.05, 4.69) is 36.6 Å². The predicted molar refractivity (Wildman–Crippen MR) is 86.6 cm³/mol.